The Balaban J connectivity index is 3.58. The van der Waals surface area contributed by atoms with E-state index in [1.54, 1.807) is 13.8 Å². The lowest BCUT2D eigenvalue weighted by Gasteiger charge is -2.17. The zero-order valence-electron chi connectivity index (χ0n) is 8.35. The minimum absolute atomic E-state index is 0.00660. The van der Waals surface area contributed by atoms with E-state index in [0.717, 1.165) is 0 Å². The van der Waals surface area contributed by atoms with Crippen LogP contribution in [0.3, 0.4) is 0 Å². The van der Waals surface area contributed by atoms with E-state index in [1.165, 1.54) is 0 Å². The number of carbonyl (C=O) groups is 1. The van der Waals surface area contributed by atoms with Gasteiger partial charge >= 0.3 is 0 Å². The molecule has 2 N–H and O–H groups in total. The summed E-state index contributed by atoms with van der Waals surface area (Å²) in [5.41, 5.74) is -0.813. The molecule has 0 unspecified atom stereocenters. The predicted octanol–water partition coefficient (Wildman–Crippen LogP) is 0.920. The van der Waals surface area contributed by atoms with E-state index in [1.807, 2.05) is 13.8 Å². The van der Waals surface area contributed by atoms with E-state index < -0.39 is 5.60 Å². The molecule has 0 spiro atoms. The highest BCUT2D eigenvalue weighted by Crippen LogP contribution is 2.00. The Bertz CT molecular complexity index is 147. The molecule has 0 atom stereocenters. The maximum Gasteiger partial charge on any atom is 0.220 e. The normalized spacial score (nSPS) is 11.8. The Morgan fingerprint density at radius 2 is 2.00 bits per heavy atom. The quantitative estimate of drug-likeness (QED) is 0.664. The summed E-state index contributed by atoms with van der Waals surface area (Å²) in [5, 5.41) is 12.0. The molecule has 0 aliphatic carbocycles. The largest absolute Gasteiger partial charge is 0.389 e. The smallest absolute Gasteiger partial charge is 0.220 e. The van der Waals surface area contributed by atoms with Gasteiger partial charge in [0.05, 0.1) is 5.60 Å². The number of amides is 1. The second-order valence-corrected chi connectivity index (χ2v) is 4.19. The van der Waals surface area contributed by atoms with Crippen LogP contribution < -0.4 is 5.32 Å². The van der Waals surface area contributed by atoms with Crippen molar-refractivity contribution in [1.29, 1.82) is 0 Å². The first-order valence-corrected chi connectivity index (χ1v) is 4.30. The molecule has 0 aliphatic rings. The molecule has 0 heterocycles. The number of hydrogen-bond acceptors (Lipinski definition) is 2. The highest BCUT2D eigenvalue weighted by Gasteiger charge is 2.13. The van der Waals surface area contributed by atoms with Crippen LogP contribution in [0.2, 0.25) is 0 Å². The zero-order chi connectivity index (χ0) is 9.78. The van der Waals surface area contributed by atoms with E-state index in [-0.39, 0.29) is 5.91 Å². The molecule has 0 aromatic carbocycles. The van der Waals surface area contributed by atoms with Crippen molar-refractivity contribution >= 4 is 5.91 Å². The second-order valence-electron chi connectivity index (χ2n) is 4.19. The van der Waals surface area contributed by atoms with Crippen LogP contribution in [0.15, 0.2) is 0 Å². The summed E-state index contributed by atoms with van der Waals surface area (Å²) in [6.07, 6.45) is 0.524. The van der Waals surface area contributed by atoms with Gasteiger partial charge in [-0.15, -0.1) is 0 Å². The van der Waals surface area contributed by atoms with Crippen molar-refractivity contribution in [1.82, 2.24) is 5.32 Å². The van der Waals surface area contributed by atoms with E-state index in [9.17, 15) is 9.90 Å². The van der Waals surface area contributed by atoms with Crippen molar-refractivity contribution < 1.29 is 9.90 Å². The Morgan fingerprint density at radius 1 is 1.50 bits per heavy atom. The van der Waals surface area contributed by atoms with Crippen LogP contribution in [0, 0.1) is 5.92 Å². The topological polar surface area (TPSA) is 49.3 Å². The molecule has 0 saturated heterocycles. The monoisotopic (exact) mass is 173 g/mol. The lowest BCUT2D eigenvalue weighted by molar-refractivity contribution is -0.122. The summed E-state index contributed by atoms with van der Waals surface area (Å²) < 4.78 is 0. The average molecular weight is 173 g/mol. The van der Waals surface area contributed by atoms with Crippen LogP contribution in [0.4, 0.5) is 0 Å². The summed E-state index contributed by atoms with van der Waals surface area (Å²) in [5.74, 6) is 0.374. The molecule has 12 heavy (non-hydrogen) atoms. The predicted molar refractivity (Wildman–Crippen MR) is 48.8 cm³/mol. The molecule has 72 valence electrons. The van der Waals surface area contributed by atoms with E-state index in [2.05, 4.69) is 5.32 Å². The Morgan fingerprint density at radius 3 is 2.33 bits per heavy atom. The van der Waals surface area contributed by atoms with Gasteiger partial charge in [0, 0.05) is 13.0 Å². The van der Waals surface area contributed by atoms with Gasteiger partial charge in [0.25, 0.3) is 0 Å². The molecule has 1 amide bonds. The molecule has 3 nitrogen and oxygen atoms in total. The van der Waals surface area contributed by atoms with Gasteiger partial charge in [-0.3, -0.25) is 4.79 Å². The highest BCUT2D eigenvalue weighted by atomic mass is 16.3. The maximum atomic E-state index is 11.1. The van der Waals surface area contributed by atoms with Gasteiger partial charge in [0.2, 0.25) is 5.91 Å². The number of carbonyl (C=O) groups excluding carboxylic acids is 1. The summed E-state index contributed by atoms with van der Waals surface area (Å²) >= 11 is 0. The minimum atomic E-state index is -0.813. The Hall–Kier alpha value is -0.570. The van der Waals surface area contributed by atoms with Gasteiger partial charge in [0.15, 0.2) is 0 Å². The van der Waals surface area contributed by atoms with Crippen LogP contribution in [-0.4, -0.2) is 23.2 Å². The molecule has 0 aliphatic heterocycles. The maximum absolute atomic E-state index is 11.1. The first-order chi connectivity index (χ1) is 5.31. The lowest BCUT2D eigenvalue weighted by atomic mass is 10.1. The molecule has 0 fully saturated rings. The molecule has 0 rings (SSSR count). The van der Waals surface area contributed by atoms with Gasteiger partial charge in [-0.2, -0.15) is 0 Å². The first-order valence-electron chi connectivity index (χ1n) is 4.30. The molecule has 0 aromatic rings. The number of rotatable bonds is 4. The zero-order valence-corrected chi connectivity index (χ0v) is 8.35. The molecule has 0 bridgehead atoms. The molecule has 3 heteroatoms. The van der Waals surface area contributed by atoms with Gasteiger partial charge in [0.1, 0.15) is 0 Å². The van der Waals surface area contributed by atoms with Crippen molar-refractivity contribution in [3.8, 4) is 0 Å². The van der Waals surface area contributed by atoms with Crippen molar-refractivity contribution in [2.75, 3.05) is 6.54 Å². The third kappa shape index (κ3) is 7.54. The highest BCUT2D eigenvalue weighted by molar-refractivity contribution is 5.76. The molecule has 0 saturated carbocycles. The lowest BCUT2D eigenvalue weighted by Crippen LogP contribution is -2.38. The van der Waals surface area contributed by atoms with Crippen molar-refractivity contribution in [2.45, 2.75) is 39.7 Å². The second kappa shape index (κ2) is 4.45. The summed E-state index contributed by atoms with van der Waals surface area (Å²) in [4.78, 5) is 11.1. The van der Waals surface area contributed by atoms with Gasteiger partial charge in [-0.05, 0) is 19.8 Å². The fourth-order valence-corrected chi connectivity index (χ4v) is 0.758. The third-order valence-electron chi connectivity index (χ3n) is 1.31. The molecular formula is C9H19NO2. The van der Waals surface area contributed by atoms with Crippen LogP contribution in [0.5, 0.6) is 0 Å². The van der Waals surface area contributed by atoms with Crippen LogP contribution in [0.1, 0.15) is 34.1 Å². The van der Waals surface area contributed by atoms with E-state index in [0.29, 0.717) is 18.9 Å². The average Bonchev–Trinajstić information content (AvgIpc) is 1.80. The van der Waals surface area contributed by atoms with Crippen LogP contribution >= 0.6 is 0 Å². The molecular weight excluding hydrogens is 154 g/mol. The van der Waals surface area contributed by atoms with E-state index >= 15 is 0 Å². The Kier molecular flexibility index (Phi) is 4.24. The number of nitrogens with one attached hydrogen (secondary N) is 1. The van der Waals surface area contributed by atoms with E-state index in [4.69, 9.17) is 0 Å². The minimum Gasteiger partial charge on any atom is -0.389 e. The standard InChI is InChI=1S/C9H19NO2/c1-7(2)5-8(11)10-6-9(3,4)12/h7,12H,5-6H2,1-4H3,(H,10,11). The van der Waals surface area contributed by atoms with Crippen molar-refractivity contribution in [2.24, 2.45) is 5.92 Å². The Labute approximate surface area is 74.2 Å². The summed E-state index contributed by atoms with van der Waals surface area (Å²) in [6.45, 7) is 7.64. The van der Waals surface area contributed by atoms with Gasteiger partial charge in [-0.1, -0.05) is 13.8 Å². The summed E-state index contributed by atoms with van der Waals surface area (Å²) in [6, 6.07) is 0. The SMILES string of the molecule is CC(C)CC(=O)NCC(C)(C)O. The van der Waals surface area contributed by atoms with Gasteiger partial charge < -0.3 is 10.4 Å². The fourth-order valence-electron chi connectivity index (χ4n) is 0.758. The number of aliphatic hydroxyl groups is 1. The third-order valence-corrected chi connectivity index (χ3v) is 1.31. The number of hydrogen-bond donors (Lipinski definition) is 2. The fraction of sp³-hybridized carbons (Fsp3) is 0.889. The summed E-state index contributed by atoms with van der Waals surface area (Å²) in [7, 11) is 0. The molecule has 0 aromatic heterocycles. The first kappa shape index (κ1) is 11.4. The van der Waals surface area contributed by atoms with Gasteiger partial charge in [-0.25, -0.2) is 0 Å². The van der Waals surface area contributed by atoms with Crippen LogP contribution in [-0.2, 0) is 4.79 Å². The van der Waals surface area contributed by atoms with Crippen molar-refractivity contribution in [3.63, 3.8) is 0 Å². The van der Waals surface area contributed by atoms with Crippen LogP contribution in [0.25, 0.3) is 0 Å². The van der Waals surface area contributed by atoms with Crippen molar-refractivity contribution in [3.05, 3.63) is 0 Å². The molecule has 0 radical (unpaired) electrons.